The van der Waals surface area contributed by atoms with Crippen LogP contribution in [0.4, 0.5) is 0 Å². The number of halogens is 1. The Hall–Kier alpha value is -1.35. The van der Waals surface area contributed by atoms with Crippen LogP contribution in [0.5, 0.6) is 0 Å². The Kier molecular flexibility index (Phi) is 1.81. The fraction of sp³-hybridized carbons (Fsp3) is 0.111. The molecule has 0 unspecified atom stereocenters. The van der Waals surface area contributed by atoms with Gasteiger partial charge < -0.3 is 0 Å². The zero-order chi connectivity index (χ0) is 9.42. The first kappa shape index (κ1) is 8.26. The van der Waals surface area contributed by atoms with Crippen molar-refractivity contribution in [3.63, 3.8) is 0 Å². The van der Waals surface area contributed by atoms with E-state index >= 15 is 0 Å². The summed E-state index contributed by atoms with van der Waals surface area (Å²) in [5, 5.41) is 8.24. The molecule has 2 aromatic rings. The molecule has 0 aliphatic rings. The quantitative estimate of drug-likeness (QED) is 0.709. The second-order valence-electron chi connectivity index (χ2n) is 2.86. The lowest BCUT2D eigenvalue weighted by Gasteiger charge is -1.95. The smallest absolute Gasteiger partial charge is 0.151 e. The first-order chi connectivity index (χ1) is 6.22. The number of rotatable bonds is 1. The summed E-state index contributed by atoms with van der Waals surface area (Å²) in [6.45, 7) is 1.90. The summed E-state index contributed by atoms with van der Waals surface area (Å²) in [7, 11) is 0. The predicted molar refractivity (Wildman–Crippen MR) is 51.2 cm³/mol. The highest BCUT2D eigenvalue weighted by Crippen LogP contribution is 2.23. The van der Waals surface area contributed by atoms with Gasteiger partial charge in [-0.05, 0) is 19.1 Å². The van der Waals surface area contributed by atoms with Crippen LogP contribution >= 0.6 is 11.6 Å². The van der Waals surface area contributed by atoms with E-state index in [1.54, 1.807) is 12.1 Å². The summed E-state index contributed by atoms with van der Waals surface area (Å²) in [6.07, 6.45) is 0.744. The van der Waals surface area contributed by atoms with Gasteiger partial charge in [0.2, 0.25) is 0 Å². The number of carbonyl (C=O) groups is 1. The highest BCUT2D eigenvalue weighted by atomic mass is 35.5. The summed E-state index contributed by atoms with van der Waals surface area (Å²) < 4.78 is 0. The number of hydrogen-bond acceptors (Lipinski definition) is 2. The fourth-order valence-corrected chi connectivity index (χ4v) is 1.47. The largest absolute Gasteiger partial charge is 0.298 e. The van der Waals surface area contributed by atoms with Crippen molar-refractivity contribution in [1.82, 2.24) is 10.2 Å². The van der Waals surface area contributed by atoms with E-state index in [0.717, 1.165) is 22.9 Å². The SMILES string of the molecule is Cc1[nH]nc2cc(Cl)c(C=O)cc12. The van der Waals surface area contributed by atoms with Crippen molar-refractivity contribution in [2.24, 2.45) is 0 Å². The highest BCUT2D eigenvalue weighted by Gasteiger charge is 2.06. The molecule has 0 radical (unpaired) electrons. The Labute approximate surface area is 79.7 Å². The number of nitrogens with one attached hydrogen (secondary N) is 1. The standard InChI is InChI=1S/C9H7ClN2O/c1-5-7-2-6(4-13)8(10)3-9(7)12-11-5/h2-4H,1H3,(H,11,12). The maximum absolute atomic E-state index is 10.6. The van der Waals surface area contributed by atoms with Crippen LogP contribution in [0.15, 0.2) is 12.1 Å². The Morgan fingerprint density at radius 1 is 1.54 bits per heavy atom. The number of nitrogens with zero attached hydrogens (tertiary/aromatic N) is 1. The van der Waals surface area contributed by atoms with E-state index < -0.39 is 0 Å². The third-order valence-corrected chi connectivity index (χ3v) is 2.32. The second kappa shape index (κ2) is 2.85. The predicted octanol–water partition coefficient (Wildman–Crippen LogP) is 2.34. The summed E-state index contributed by atoms with van der Waals surface area (Å²) in [5.74, 6) is 0. The van der Waals surface area contributed by atoms with Gasteiger partial charge in [0, 0.05) is 16.6 Å². The number of aldehydes is 1. The lowest BCUT2D eigenvalue weighted by atomic mass is 10.1. The van der Waals surface area contributed by atoms with Gasteiger partial charge in [-0.25, -0.2) is 0 Å². The second-order valence-corrected chi connectivity index (χ2v) is 3.26. The zero-order valence-corrected chi connectivity index (χ0v) is 7.72. The first-order valence-corrected chi connectivity index (χ1v) is 4.19. The van der Waals surface area contributed by atoms with Crippen molar-refractivity contribution in [2.75, 3.05) is 0 Å². The summed E-state index contributed by atoms with van der Waals surface area (Å²) in [4.78, 5) is 10.6. The molecule has 13 heavy (non-hydrogen) atoms. The van der Waals surface area contributed by atoms with Crippen LogP contribution in [-0.2, 0) is 0 Å². The summed E-state index contributed by atoms with van der Waals surface area (Å²) in [6, 6.07) is 3.42. The van der Waals surface area contributed by atoms with E-state index in [-0.39, 0.29) is 0 Å². The van der Waals surface area contributed by atoms with Gasteiger partial charge in [-0.15, -0.1) is 0 Å². The number of aromatic amines is 1. The molecule has 1 N–H and O–H groups in total. The molecule has 0 saturated heterocycles. The third kappa shape index (κ3) is 1.21. The number of aromatic nitrogens is 2. The van der Waals surface area contributed by atoms with Crippen molar-refractivity contribution in [1.29, 1.82) is 0 Å². The molecule has 0 aliphatic carbocycles. The van der Waals surface area contributed by atoms with Crippen LogP contribution in [0.3, 0.4) is 0 Å². The van der Waals surface area contributed by atoms with Crippen LogP contribution in [-0.4, -0.2) is 16.5 Å². The van der Waals surface area contributed by atoms with E-state index in [2.05, 4.69) is 10.2 Å². The Balaban J connectivity index is 2.84. The van der Waals surface area contributed by atoms with Crippen molar-refractivity contribution in [3.05, 3.63) is 28.4 Å². The molecule has 1 aromatic carbocycles. The molecule has 3 nitrogen and oxygen atoms in total. The van der Waals surface area contributed by atoms with Gasteiger partial charge in [0.25, 0.3) is 0 Å². The number of hydrogen-bond donors (Lipinski definition) is 1. The molecular weight excluding hydrogens is 188 g/mol. The maximum atomic E-state index is 10.6. The minimum Gasteiger partial charge on any atom is -0.298 e. The van der Waals surface area contributed by atoms with Crippen molar-refractivity contribution < 1.29 is 4.79 Å². The van der Waals surface area contributed by atoms with E-state index in [1.165, 1.54) is 0 Å². The van der Waals surface area contributed by atoms with Gasteiger partial charge in [-0.3, -0.25) is 9.89 Å². The summed E-state index contributed by atoms with van der Waals surface area (Å²) >= 11 is 5.83. The van der Waals surface area contributed by atoms with Crippen LogP contribution in [0.2, 0.25) is 5.02 Å². The monoisotopic (exact) mass is 194 g/mol. The highest BCUT2D eigenvalue weighted by molar-refractivity contribution is 6.33. The molecule has 2 rings (SSSR count). The van der Waals surface area contributed by atoms with Gasteiger partial charge in [0.05, 0.1) is 10.5 Å². The topological polar surface area (TPSA) is 45.8 Å². The van der Waals surface area contributed by atoms with Crippen LogP contribution in [0.1, 0.15) is 16.1 Å². The number of fused-ring (bicyclic) bond motifs is 1. The van der Waals surface area contributed by atoms with E-state index in [9.17, 15) is 4.79 Å². The average molecular weight is 195 g/mol. The van der Waals surface area contributed by atoms with Gasteiger partial charge in [-0.2, -0.15) is 5.10 Å². The molecule has 0 amide bonds. The minimum atomic E-state index is 0.439. The average Bonchev–Trinajstić information content (AvgIpc) is 2.46. The first-order valence-electron chi connectivity index (χ1n) is 3.82. The van der Waals surface area contributed by atoms with Gasteiger partial charge in [0.1, 0.15) is 0 Å². The fourth-order valence-electron chi connectivity index (χ4n) is 1.27. The Morgan fingerprint density at radius 3 is 3.00 bits per heavy atom. The third-order valence-electron chi connectivity index (χ3n) is 1.99. The van der Waals surface area contributed by atoms with Gasteiger partial charge in [-0.1, -0.05) is 11.6 Å². The van der Waals surface area contributed by atoms with Crippen LogP contribution in [0, 0.1) is 6.92 Å². The van der Waals surface area contributed by atoms with E-state index in [0.29, 0.717) is 10.6 Å². The molecule has 1 aromatic heterocycles. The molecule has 0 fully saturated rings. The molecule has 4 heteroatoms. The molecule has 0 saturated carbocycles. The molecule has 1 heterocycles. The molecular formula is C9H7ClN2O. The maximum Gasteiger partial charge on any atom is 0.151 e. The minimum absolute atomic E-state index is 0.439. The van der Waals surface area contributed by atoms with Crippen LogP contribution < -0.4 is 0 Å². The Morgan fingerprint density at radius 2 is 2.31 bits per heavy atom. The number of carbonyl (C=O) groups excluding carboxylic acids is 1. The molecule has 0 aliphatic heterocycles. The van der Waals surface area contributed by atoms with Crippen molar-refractivity contribution in [2.45, 2.75) is 6.92 Å². The molecule has 0 bridgehead atoms. The zero-order valence-electron chi connectivity index (χ0n) is 6.97. The van der Waals surface area contributed by atoms with Gasteiger partial charge in [0.15, 0.2) is 6.29 Å². The molecule has 66 valence electrons. The van der Waals surface area contributed by atoms with Crippen molar-refractivity contribution in [3.8, 4) is 0 Å². The van der Waals surface area contributed by atoms with E-state index in [4.69, 9.17) is 11.6 Å². The lowest BCUT2D eigenvalue weighted by molar-refractivity contribution is 0.112. The summed E-state index contributed by atoms with van der Waals surface area (Å²) in [5.41, 5.74) is 2.22. The van der Waals surface area contributed by atoms with Crippen molar-refractivity contribution >= 4 is 28.8 Å². The van der Waals surface area contributed by atoms with Crippen LogP contribution in [0.25, 0.3) is 10.9 Å². The Bertz CT molecular complexity index is 476. The lowest BCUT2D eigenvalue weighted by Crippen LogP contribution is -1.82. The number of aryl methyl sites for hydroxylation is 1. The van der Waals surface area contributed by atoms with Gasteiger partial charge >= 0.3 is 0 Å². The normalized spacial score (nSPS) is 10.6. The van der Waals surface area contributed by atoms with E-state index in [1.807, 2.05) is 6.92 Å². The molecule has 0 atom stereocenters. The molecule has 0 spiro atoms. The number of H-pyrrole nitrogens is 1. The number of benzene rings is 1.